The normalized spacial score (nSPS) is 14.0. The summed E-state index contributed by atoms with van der Waals surface area (Å²) in [6.45, 7) is 2.69. The molecule has 2 amide bonds. The predicted octanol–water partition coefficient (Wildman–Crippen LogP) is 6.36. The number of carbonyl (C=O) groups excluding carboxylic acids is 2. The lowest BCUT2D eigenvalue weighted by molar-refractivity contribution is 0.0540. The molecule has 4 rings (SSSR count). The Hall–Kier alpha value is -3.21. The summed E-state index contributed by atoms with van der Waals surface area (Å²) in [5, 5.41) is 12.2. The van der Waals surface area contributed by atoms with Crippen molar-refractivity contribution in [3.63, 3.8) is 0 Å². The zero-order valence-electron chi connectivity index (χ0n) is 21.4. The molecule has 0 aliphatic carbocycles. The molecule has 204 valence electrons. The maximum absolute atomic E-state index is 13.0. The first kappa shape index (κ1) is 28.8. The molecule has 8 nitrogen and oxygen atoms in total. The van der Waals surface area contributed by atoms with E-state index < -0.39 is 12.1 Å². The van der Waals surface area contributed by atoms with Crippen molar-refractivity contribution in [1.29, 1.82) is 0 Å². The molecule has 1 aliphatic rings. The van der Waals surface area contributed by atoms with Crippen molar-refractivity contribution in [3.8, 4) is 11.1 Å². The van der Waals surface area contributed by atoms with Gasteiger partial charge in [0.1, 0.15) is 6.10 Å². The Bertz CT molecular complexity index is 1340. The van der Waals surface area contributed by atoms with Gasteiger partial charge in [-0.1, -0.05) is 48.5 Å². The summed E-state index contributed by atoms with van der Waals surface area (Å²) in [5.41, 5.74) is 3.12. The van der Waals surface area contributed by atoms with Crippen LogP contribution in [0.4, 0.5) is 10.5 Å². The standard InChI is InChI=1S/C29H29Br2N3O5/c1-33(27(35)22-17-25(31)23(28(36)37)18-24(22)30)15-16-34-13-11-20(12-14-34)39-29(38)32-26-10-6-5-9-21(26)19-7-3-2-4-8-19/h2-10,17-18,20H,11-16H2,1H3,(H,32,38)(H,36,37). The van der Waals surface area contributed by atoms with E-state index in [0.717, 1.165) is 24.2 Å². The second-order valence-electron chi connectivity index (χ2n) is 9.33. The number of anilines is 1. The SMILES string of the molecule is CN(CCN1CCC(OC(=O)Nc2ccccc2-c2ccccc2)CC1)C(=O)c1cc(Br)c(C(=O)O)cc1Br. The van der Waals surface area contributed by atoms with Crippen LogP contribution in [-0.4, -0.2) is 72.2 Å². The van der Waals surface area contributed by atoms with Crippen molar-refractivity contribution < 1.29 is 24.2 Å². The molecule has 1 saturated heterocycles. The molecular weight excluding hydrogens is 630 g/mol. The average Bonchev–Trinajstić information content (AvgIpc) is 2.93. The number of carboxylic acids is 1. The van der Waals surface area contributed by atoms with Gasteiger partial charge >= 0.3 is 12.1 Å². The van der Waals surface area contributed by atoms with Gasteiger partial charge in [-0.05, 0) is 68.5 Å². The Morgan fingerprint density at radius 2 is 1.59 bits per heavy atom. The molecule has 10 heteroatoms. The van der Waals surface area contributed by atoms with Gasteiger partial charge in [0.2, 0.25) is 0 Å². The third kappa shape index (κ3) is 7.46. The zero-order chi connectivity index (χ0) is 27.9. The molecule has 0 bridgehead atoms. The highest BCUT2D eigenvalue weighted by molar-refractivity contribution is 9.11. The highest BCUT2D eigenvalue weighted by Crippen LogP contribution is 2.29. The van der Waals surface area contributed by atoms with E-state index in [1.165, 1.54) is 12.1 Å². The Morgan fingerprint density at radius 1 is 0.974 bits per heavy atom. The summed E-state index contributed by atoms with van der Waals surface area (Å²) < 4.78 is 6.50. The second-order valence-corrected chi connectivity index (χ2v) is 11.0. The average molecular weight is 659 g/mol. The first-order valence-electron chi connectivity index (χ1n) is 12.5. The van der Waals surface area contributed by atoms with Crippen LogP contribution in [0.3, 0.4) is 0 Å². The Labute approximate surface area is 244 Å². The Kier molecular flexibility index (Phi) is 9.77. The van der Waals surface area contributed by atoms with Crippen LogP contribution < -0.4 is 5.32 Å². The number of carboxylic acid groups (broad SMARTS) is 1. The first-order valence-corrected chi connectivity index (χ1v) is 14.1. The van der Waals surface area contributed by atoms with Crippen molar-refractivity contribution in [2.75, 3.05) is 38.5 Å². The van der Waals surface area contributed by atoms with Crippen LogP contribution >= 0.6 is 31.9 Å². The van der Waals surface area contributed by atoms with Gasteiger partial charge < -0.3 is 19.6 Å². The third-order valence-electron chi connectivity index (χ3n) is 6.67. The van der Waals surface area contributed by atoms with Crippen LogP contribution in [0.1, 0.15) is 33.6 Å². The van der Waals surface area contributed by atoms with E-state index >= 15 is 0 Å². The summed E-state index contributed by atoms with van der Waals surface area (Å²) in [4.78, 5) is 40.8. The number of ether oxygens (including phenoxy) is 1. The zero-order valence-corrected chi connectivity index (χ0v) is 24.6. The molecule has 2 N–H and O–H groups in total. The number of rotatable bonds is 8. The number of hydrogen-bond acceptors (Lipinski definition) is 5. The summed E-state index contributed by atoms with van der Waals surface area (Å²) in [6, 6.07) is 20.5. The van der Waals surface area contributed by atoms with E-state index in [1.807, 2.05) is 54.6 Å². The highest BCUT2D eigenvalue weighted by atomic mass is 79.9. The van der Waals surface area contributed by atoms with Gasteiger partial charge in [-0.3, -0.25) is 10.1 Å². The number of para-hydroxylation sites is 1. The number of benzene rings is 3. The van der Waals surface area contributed by atoms with E-state index in [1.54, 1.807) is 11.9 Å². The van der Waals surface area contributed by atoms with Crippen LogP contribution in [0, 0.1) is 0 Å². The number of nitrogens with zero attached hydrogens (tertiary/aromatic N) is 2. The number of amides is 2. The molecule has 0 saturated carbocycles. The number of halogens is 2. The Morgan fingerprint density at radius 3 is 2.28 bits per heavy atom. The number of hydrogen-bond donors (Lipinski definition) is 2. The van der Waals surface area contributed by atoms with Gasteiger partial charge in [0, 0.05) is 47.7 Å². The van der Waals surface area contributed by atoms with Crippen LogP contribution in [0.2, 0.25) is 0 Å². The molecule has 3 aromatic carbocycles. The minimum Gasteiger partial charge on any atom is -0.478 e. The second kappa shape index (κ2) is 13.2. The number of piperidine rings is 1. The lowest BCUT2D eigenvalue weighted by Gasteiger charge is -2.32. The quantitative estimate of drug-likeness (QED) is 0.292. The maximum Gasteiger partial charge on any atom is 0.411 e. The van der Waals surface area contributed by atoms with Gasteiger partial charge in [0.25, 0.3) is 5.91 Å². The summed E-state index contributed by atoms with van der Waals surface area (Å²) in [5.74, 6) is -1.28. The molecular formula is C29H29Br2N3O5. The fraction of sp³-hybridized carbons (Fsp3) is 0.276. The topological polar surface area (TPSA) is 99.2 Å². The molecule has 39 heavy (non-hydrogen) atoms. The monoisotopic (exact) mass is 657 g/mol. The summed E-state index contributed by atoms with van der Waals surface area (Å²) >= 11 is 6.56. The fourth-order valence-electron chi connectivity index (χ4n) is 4.48. The van der Waals surface area contributed by atoms with Crippen LogP contribution in [0.15, 0.2) is 75.7 Å². The molecule has 0 aromatic heterocycles. The number of nitrogens with one attached hydrogen (secondary N) is 1. The summed E-state index contributed by atoms with van der Waals surface area (Å²) in [7, 11) is 1.72. The first-order chi connectivity index (χ1) is 18.7. The minimum absolute atomic E-state index is 0.0836. The van der Waals surface area contributed by atoms with Crippen LogP contribution in [0.25, 0.3) is 11.1 Å². The number of aromatic carboxylic acids is 1. The molecule has 1 heterocycles. The molecule has 0 radical (unpaired) electrons. The van der Waals surface area contributed by atoms with Gasteiger partial charge in [-0.25, -0.2) is 9.59 Å². The van der Waals surface area contributed by atoms with E-state index in [9.17, 15) is 19.5 Å². The van der Waals surface area contributed by atoms with E-state index in [2.05, 4.69) is 42.1 Å². The van der Waals surface area contributed by atoms with E-state index in [0.29, 0.717) is 46.1 Å². The highest BCUT2D eigenvalue weighted by Gasteiger charge is 2.24. The fourth-order valence-corrected chi connectivity index (χ4v) is 5.50. The van der Waals surface area contributed by atoms with Crippen molar-refractivity contribution in [2.24, 2.45) is 0 Å². The lowest BCUT2D eigenvalue weighted by Crippen LogP contribution is -2.42. The molecule has 0 spiro atoms. The number of likely N-dealkylation sites (tertiary alicyclic amines) is 1. The lowest BCUT2D eigenvalue weighted by atomic mass is 10.0. The van der Waals surface area contributed by atoms with Crippen molar-refractivity contribution >= 4 is 55.5 Å². The van der Waals surface area contributed by atoms with Gasteiger partial charge in [-0.15, -0.1) is 0 Å². The Balaban J connectivity index is 1.24. The molecule has 0 unspecified atom stereocenters. The van der Waals surface area contributed by atoms with Crippen LogP contribution in [-0.2, 0) is 4.74 Å². The van der Waals surface area contributed by atoms with E-state index in [4.69, 9.17) is 4.74 Å². The van der Waals surface area contributed by atoms with Gasteiger partial charge in [0.05, 0.1) is 16.8 Å². The third-order valence-corrected chi connectivity index (χ3v) is 7.98. The van der Waals surface area contributed by atoms with Gasteiger partial charge in [-0.2, -0.15) is 0 Å². The number of likely N-dealkylation sites (N-methyl/N-ethyl adjacent to an activating group) is 1. The minimum atomic E-state index is -1.07. The van der Waals surface area contributed by atoms with Crippen molar-refractivity contribution in [3.05, 3.63) is 86.8 Å². The van der Waals surface area contributed by atoms with Crippen molar-refractivity contribution in [2.45, 2.75) is 18.9 Å². The van der Waals surface area contributed by atoms with Crippen molar-refractivity contribution in [1.82, 2.24) is 9.80 Å². The largest absolute Gasteiger partial charge is 0.478 e. The molecule has 0 atom stereocenters. The number of carbonyl (C=O) groups is 3. The summed E-state index contributed by atoms with van der Waals surface area (Å²) in [6.07, 6.45) is 0.777. The van der Waals surface area contributed by atoms with Crippen LogP contribution in [0.5, 0.6) is 0 Å². The van der Waals surface area contributed by atoms with Gasteiger partial charge in [0.15, 0.2) is 0 Å². The molecule has 3 aromatic rings. The molecule has 1 fully saturated rings. The maximum atomic E-state index is 13.0. The molecule has 1 aliphatic heterocycles. The van der Waals surface area contributed by atoms with E-state index in [-0.39, 0.29) is 17.6 Å². The predicted molar refractivity (Wildman–Crippen MR) is 157 cm³/mol. The smallest absolute Gasteiger partial charge is 0.411 e.